The van der Waals surface area contributed by atoms with E-state index in [0.717, 1.165) is 47.3 Å². The Balaban J connectivity index is 0.000000101. The third kappa shape index (κ3) is 7.45. The van der Waals surface area contributed by atoms with Crippen LogP contribution in [0.3, 0.4) is 0 Å². The van der Waals surface area contributed by atoms with Crippen molar-refractivity contribution >= 4 is 0 Å². The Morgan fingerprint density at radius 1 is 0.225 bits per heavy atom. The molecule has 4 aliphatic heterocycles. The van der Waals surface area contributed by atoms with E-state index >= 15 is 0 Å². The van der Waals surface area contributed by atoms with E-state index in [-0.39, 0.29) is 22.4 Å². The molecule has 8 nitrogen and oxygen atoms in total. The molecule has 4 heterocycles. The molecule has 0 N–H and O–H groups in total. The standard InChI is InChI=1S/4C18H30O2/c4*1-11-7-8-12-15(2,3)13-9-18(11,12)10-14-17(13,6)20-16(4,5)19-14/h4*11-14H,7-10H2,1-6H3/t11-,12+,13-,14+,17+,18?;11-,12+,13-,14+,17-,18?;11-,12+,13-,14-,17+,18?;11-,12+,13-,14-,17-,18?/m1111/s1. The third-order valence-electron chi connectivity index (χ3n) is 30.9. The van der Waals surface area contributed by atoms with Crippen LogP contribution >= 0.6 is 0 Å². The zero-order valence-electron chi connectivity index (χ0n) is 55.8. The molecule has 16 rings (SSSR count). The molecule has 4 saturated heterocycles. The molecule has 8 heteroatoms. The lowest BCUT2D eigenvalue weighted by atomic mass is 9.63. The van der Waals surface area contributed by atoms with Crippen molar-refractivity contribution in [2.24, 2.45) is 114 Å². The van der Waals surface area contributed by atoms with Gasteiger partial charge in [-0.2, -0.15) is 0 Å². The Kier molecular flexibility index (Phi) is 12.4. The summed E-state index contributed by atoms with van der Waals surface area (Å²) in [4.78, 5) is 0. The van der Waals surface area contributed by atoms with Gasteiger partial charge in [0.1, 0.15) is 0 Å². The van der Waals surface area contributed by atoms with Crippen LogP contribution < -0.4 is 0 Å². The van der Waals surface area contributed by atoms with Crippen molar-refractivity contribution < 1.29 is 37.9 Å². The van der Waals surface area contributed by atoms with Crippen molar-refractivity contribution in [1.29, 1.82) is 0 Å². The lowest BCUT2D eigenvalue weighted by Gasteiger charge is -2.47. The van der Waals surface area contributed by atoms with E-state index < -0.39 is 23.1 Å². The van der Waals surface area contributed by atoms with E-state index in [9.17, 15) is 0 Å². The van der Waals surface area contributed by atoms with E-state index in [0.29, 0.717) is 91.4 Å². The largest absolute Gasteiger partial charge is 0.344 e. The first-order valence-corrected chi connectivity index (χ1v) is 34.0. The molecule has 8 bridgehead atoms. The second kappa shape index (κ2) is 16.9. The topological polar surface area (TPSA) is 73.8 Å². The molecule has 0 aromatic heterocycles. The van der Waals surface area contributed by atoms with E-state index in [2.05, 4.69) is 166 Å². The zero-order chi connectivity index (χ0) is 58.2. The molecule has 12 aliphatic carbocycles. The maximum absolute atomic E-state index is 6.48. The van der Waals surface area contributed by atoms with Gasteiger partial charge in [-0.25, -0.2) is 0 Å². The van der Waals surface area contributed by atoms with Crippen LogP contribution in [-0.2, 0) is 37.9 Å². The summed E-state index contributed by atoms with van der Waals surface area (Å²) in [7, 11) is 0. The Morgan fingerprint density at radius 3 is 0.575 bits per heavy atom. The SMILES string of the molecule is C[C@@H]1CC[C@H]2C(C)(C)[C@H]3CC12C[C@@H]1OC(C)(C)O[C@@]13C.C[C@@H]1CC[C@H]2C(C)(C)[C@H]3CC12C[C@@H]1OC(C)(C)O[C@]13C.C[C@@H]1CC[C@H]2C(C)(C)[C@H]3CC12C[C@H]1OC(C)(C)O[C@@]31C.C[C@@H]1CC[C@H]2C(C)(C)[C@H]3CC12C[C@H]1OC(C)(C)O[C@]31C. The Bertz CT molecular complexity index is 2150. The summed E-state index contributed by atoms with van der Waals surface area (Å²) >= 11 is 0. The van der Waals surface area contributed by atoms with E-state index in [1.165, 1.54) is 103 Å². The minimum absolute atomic E-state index is 0.0810. The maximum Gasteiger partial charge on any atom is 0.164 e. The predicted octanol–water partition coefficient (Wildman–Crippen LogP) is 17.5. The van der Waals surface area contributed by atoms with Crippen molar-refractivity contribution in [2.45, 2.75) is 339 Å². The van der Waals surface area contributed by atoms with Crippen molar-refractivity contribution in [2.75, 3.05) is 0 Å². The maximum atomic E-state index is 6.48. The van der Waals surface area contributed by atoms with Gasteiger partial charge in [-0.1, -0.05) is 83.1 Å². The second-order valence-corrected chi connectivity index (χ2v) is 37.4. The highest BCUT2D eigenvalue weighted by Crippen LogP contribution is 2.80. The minimum Gasteiger partial charge on any atom is -0.344 e. The van der Waals surface area contributed by atoms with Crippen LogP contribution in [0.15, 0.2) is 0 Å². The second-order valence-electron chi connectivity index (χ2n) is 37.4. The van der Waals surface area contributed by atoms with Gasteiger partial charge in [0.25, 0.3) is 0 Å². The van der Waals surface area contributed by atoms with Gasteiger partial charge in [-0.15, -0.1) is 0 Å². The molecule has 12 saturated carbocycles. The third-order valence-corrected chi connectivity index (χ3v) is 30.9. The molecule has 4 spiro atoms. The van der Waals surface area contributed by atoms with Crippen molar-refractivity contribution in [1.82, 2.24) is 0 Å². The highest BCUT2D eigenvalue weighted by molar-refractivity contribution is 5.26. The fourth-order valence-corrected chi connectivity index (χ4v) is 28.0. The molecule has 0 aromatic carbocycles. The normalized spacial score (nSPS) is 58.5. The highest BCUT2D eigenvalue weighted by atomic mass is 16.8. The Hall–Kier alpha value is -0.320. The van der Waals surface area contributed by atoms with Crippen molar-refractivity contribution in [3.63, 3.8) is 0 Å². The molecule has 456 valence electrons. The van der Waals surface area contributed by atoms with E-state index in [4.69, 9.17) is 37.9 Å². The zero-order valence-corrected chi connectivity index (χ0v) is 55.8. The Morgan fingerprint density at radius 2 is 0.400 bits per heavy atom. The van der Waals surface area contributed by atoms with Gasteiger partial charge in [0.2, 0.25) is 0 Å². The summed E-state index contributed by atoms with van der Waals surface area (Å²) in [5.41, 5.74) is 3.34. The van der Waals surface area contributed by atoms with Crippen molar-refractivity contribution in [3.05, 3.63) is 0 Å². The van der Waals surface area contributed by atoms with E-state index in [1.54, 1.807) is 0 Å². The lowest BCUT2D eigenvalue weighted by Crippen LogP contribution is -2.52. The molecular weight excluding hydrogens is 993 g/mol. The molecule has 80 heavy (non-hydrogen) atoms. The van der Waals surface area contributed by atoms with Crippen LogP contribution in [0.4, 0.5) is 0 Å². The molecule has 0 radical (unpaired) electrons. The summed E-state index contributed by atoms with van der Waals surface area (Å²) < 4.78 is 51.4. The number of rotatable bonds is 0. The minimum atomic E-state index is -0.409. The van der Waals surface area contributed by atoms with Gasteiger partial charge in [-0.3, -0.25) is 0 Å². The van der Waals surface area contributed by atoms with Crippen LogP contribution in [0.25, 0.3) is 0 Å². The van der Waals surface area contributed by atoms with Gasteiger partial charge in [-0.05, 0) is 300 Å². The molecular formula is C72H120O8. The first-order chi connectivity index (χ1) is 36.5. The fraction of sp³-hybridized carbons (Fsp3) is 1.00. The molecule has 0 aromatic rings. The van der Waals surface area contributed by atoms with Gasteiger partial charge in [0.15, 0.2) is 23.1 Å². The smallest absolute Gasteiger partial charge is 0.164 e. The van der Waals surface area contributed by atoms with Gasteiger partial charge >= 0.3 is 0 Å². The van der Waals surface area contributed by atoms with Gasteiger partial charge < -0.3 is 37.9 Å². The average Bonchev–Trinajstić information content (AvgIpc) is 4.42. The highest BCUT2D eigenvalue weighted by Gasteiger charge is 2.78. The molecule has 0 amide bonds. The summed E-state index contributed by atoms with van der Waals surface area (Å²) in [6.07, 6.45) is 22.8. The average molecular weight is 1110 g/mol. The van der Waals surface area contributed by atoms with Crippen LogP contribution in [0.2, 0.25) is 0 Å². The first-order valence-electron chi connectivity index (χ1n) is 34.0. The molecule has 16 fully saturated rings. The fourth-order valence-electron chi connectivity index (χ4n) is 28.0. The number of ether oxygens (including phenoxy) is 8. The number of hydrogen-bond acceptors (Lipinski definition) is 8. The van der Waals surface area contributed by atoms with E-state index in [1.807, 2.05) is 0 Å². The number of fused-ring (bicyclic) bond motifs is 12. The first kappa shape index (κ1) is 58.7. The molecule has 24 atom stereocenters. The van der Waals surface area contributed by atoms with Gasteiger partial charge in [0, 0.05) is 0 Å². The summed E-state index contributed by atoms with van der Waals surface area (Å²) in [6.45, 7) is 56.0. The van der Waals surface area contributed by atoms with Crippen molar-refractivity contribution in [3.8, 4) is 0 Å². The summed E-state index contributed by atoms with van der Waals surface area (Å²) in [5, 5.41) is 0. The monoisotopic (exact) mass is 1110 g/mol. The molecule has 16 aliphatic rings. The summed E-state index contributed by atoms with van der Waals surface area (Å²) in [6, 6.07) is 0. The van der Waals surface area contributed by atoms with Crippen LogP contribution in [0, 0.1) is 114 Å². The quantitative estimate of drug-likeness (QED) is 0.238. The Labute approximate surface area is 488 Å². The van der Waals surface area contributed by atoms with Crippen LogP contribution in [0.1, 0.15) is 269 Å². The van der Waals surface area contributed by atoms with Crippen LogP contribution in [0.5, 0.6) is 0 Å². The number of hydrogen-bond donors (Lipinski definition) is 0. The lowest BCUT2D eigenvalue weighted by molar-refractivity contribution is -0.177. The predicted molar refractivity (Wildman–Crippen MR) is 317 cm³/mol. The van der Waals surface area contributed by atoms with Crippen LogP contribution in [-0.4, -0.2) is 70.0 Å². The molecule has 4 unspecified atom stereocenters. The summed E-state index contributed by atoms with van der Waals surface area (Å²) in [5.74, 6) is 7.83. The van der Waals surface area contributed by atoms with Gasteiger partial charge in [0.05, 0.1) is 46.8 Å².